The number of para-hydroxylation sites is 1. The SMILES string of the molecule is CSc1ccccc1NC(=O)CSc1nnc(N2CCCC2)n1Cc1ccco1. The molecule has 1 N–H and O–H groups in total. The normalized spacial score (nSPS) is 13.8. The predicted molar refractivity (Wildman–Crippen MR) is 117 cm³/mol. The molecule has 0 unspecified atom stereocenters. The molecule has 9 heteroatoms. The molecule has 29 heavy (non-hydrogen) atoms. The molecule has 0 atom stereocenters. The fraction of sp³-hybridized carbons (Fsp3) is 0.350. The van der Waals surface area contributed by atoms with Gasteiger partial charge in [-0.15, -0.1) is 22.0 Å². The number of thioether (sulfide) groups is 2. The zero-order valence-electron chi connectivity index (χ0n) is 16.2. The van der Waals surface area contributed by atoms with Gasteiger partial charge in [0.2, 0.25) is 11.9 Å². The molecular weight excluding hydrogens is 406 g/mol. The first-order chi connectivity index (χ1) is 14.2. The molecule has 3 heterocycles. The van der Waals surface area contributed by atoms with Crippen molar-refractivity contribution in [3.63, 3.8) is 0 Å². The molecule has 7 nitrogen and oxygen atoms in total. The standard InChI is InChI=1S/C20H23N5O2S2/c1-28-17-9-3-2-8-16(17)21-18(26)14-29-20-23-22-19(24-10-4-5-11-24)25(20)13-15-7-6-12-27-15/h2-3,6-9,12H,4-5,10-11,13-14H2,1H3,(H,21,26). The molecule has 1 saturated heterocycles. The highest BCUT2D eigenvalue weighted by atomic mass is 32.2. The fourth-order valence-corrected chi connectivity index (χ4v) is 4.59. The van der Waals surface area contributed by atoms with Gasteiger partial charge in [-0.25, -0.2) is 0 Å². The summed E-state index contributed by atoms with van der Waals surface area (Å²) < 4.78 is 7.56. The number of hydrogen-bond acceptors (Lipinski definition) is 7. The highest BCUT2D eigenvalue weighted by Crippen LogP contribution is 2.27. The van der Waals surface area contributed by atoms with Crippen LogP contribution in [0.2, 0.25) is 0 Å². The molecule has 1 aliphatic heterocycles. The van der Waals surface area contributed by atoms with Crippen molar-refractivity contribution in [2.45, 2.75) is 29.4 Å². The van der Waals surface area contributed by atoms with E-state index in [1.54, 1.807) is 18.0 Å². The molecular formula is C20H23N5O2S2. The van der Waals surface area contributed by atoms with E-state index in [0.717, 1.165) is 53.4 Å². The highest BCUT2D eigenvalue weighted by molar-refractivity contribution is 7.99. The van der Waals surface area contributed by atoms with Gasteiger partial charge in [0.05, 0.1) is 24.2 Å². The lowest BCUT2D eigenvalue weighted by atomic mass is 10.3. The summed E-state index contributed by atoms with van der Waals surface area (Å²) in [4.78, 5) is 15.8. The smallest absolute Gasteiger partial charge is 0.234 e. The molecule has 0 aliphatic carbocycles. The van der Waals surface area contributed by atoms with Crippen molar-refractivity contribution < 1.29 is 9.21 Å². The molecule has 1 amide bonds. The number of hydrogen-bond donors (Lipinski definition) is 1. The maximum absolute atomic E-state index is 12.5. The predicted octanol–water partition coefficient (Wildman–Crippen LogP) is 3.97. The lowest BCUT2D eigenvalue weighted by Crippen LogP contribution is -2.23. The van der Waals surface area contributed by atoms with Crippen molar-refractivity contribution in [2.75, 3.05) is 35.3 Å². The zero-order valence-corrected chi connectivity index (χ0v) is 17.8. The molecule has 0 saturated carbocycles. The topological polar surface area (TPSA) is 76.2 Å². The molecule has 1 aromatic carbocycles. The first-order valence-electron chi connectivity index (χ1n) is 9.51. The summed E-state index contributed by atoms with van der Waals surface area (Å²) in [5, 5.41) is 12.5. The van der Waals surface area contributed by atoms with E-state index < -0.39 is 0 Å². The largest absolute Gasteiger partial charge is 0.467 e. The Bertz CT molecular complexity index is 952. The lowest BCUT2D eigenvalue weighted by molar-refractivity contribution is -0.113. The molecule has 1 aliphatic rings. The minimum atomic E-state index is -0.0632. The summed E-state index contributed by atoms with van der Waals surface area (Å²) in [5.74, 6) is 1.88. The minimum Gasteiger partial charge on any atom is -0.467 e. The van der Waals surface area contributed by atoms with E-state index >= 15 is 0 Å². The summed E-state index contributed by atoms with van der Waals surface area (Å²) >= 11 is 3.00. The van der Waals surface area contributed by atoms with Crippen LogP contribution in [-0.2, 0) is 11.3 Å². The number of carbonyl (C=O) groups excluding carboxylic acids is 1. The number of anilines is 2. The van der Waals surface area contributed by atoms with Crippen LogP contribution < -0.4 is 10.2 Å². The molecule has 0 spiro atoms. The van der Waals surface area contributed by atoms with Crippen LogP contribution >= 0.6 is 23.5 Å². The lowest BCUT2D eigenvalue weighted by Gasteiger charge is -2.17. The zero-order chi connectivity index (χ0) is 20.1. The second kappa shape index (κ2) is 9.41. The maximum atomic E-state index is 12.5. The van der Waals surface area contributed by atoms with E-state index in [1.807, 2.05) is 47.2 Å². The van der Waals surface area contributed by atoms with Crippen LogP contribution in [-0.4, -0.2) is 45.8 Å². The van der Waals surface area contributed by atoms with E-state index in [0.29, 0.717) is 6.54 Å². The Morgan fingerprint density at radius 3 is 2.76 bits per heavy atom. The summed E-state index contributed by atoms with van der Waals surface area (Å²) in [6, 6.07) is 11.6. The Hall–Kier alpha value is -2.39. The Morgan fingerprint density at radius 2 is 2.00 bits per heavy atom. The van der Waals surface area contributed by atoms with Crippen LogP contribution in [0.15, 0.2) is 57.1 Å². The van der Waals surface area contributed by atoms with Gasteiger partial charge in [0.25, 0.3) is 0 Å². The Labute approximate surface area is 178 Å². The summed E-state index contributed by atoms with van der Waals surface area (Å²) in [6.07, 6.45) is 5.98. The number of aromatic nitrogens is 3. The third kappa shape index (κ3) is 4.79. The van der Waals surface area contributed by atoms with E-state index in [2.05, 4.69) is 20.4 Å². The number of carbonyl (C=O) groups is 1. The molecule has 1 fully saturated rings. The van der Waals surface area contributed by atoms with Gasteiger partial charge in [0.15, 0.2) is 5.16 Å². The Balaban J connectivity index is 1.47. The quantitative estimate of drug-likeness (QED) is 0.543. The van der Waals surface area contributed by atoms with Gasteiger partial charge >= 0.3 is 0 Å². The first kappa shape index (κ1) is 19.9. The van der Waals surface area contributed by atoms with Crippen molar-refractivity contribution in [3.05, 3.63) is 48.4 Å². The third-order valence-electron chi connectivity index (χ3n) is 4.69. The molecule has 3 aromatic rings. The molecule has 0 bridgehead atoms. The van der Waals surface area contributed by atoms with Gasteiger partial charge in [-0.05, 0) is 43.4 Å². The maximum Gasteiger partial charge on any atom is 0.234 e. The molecule has 0 radical (unpaired) electrons. The second-order valence-electron chi connectivity index (χ2n) is 6.68. The number of furan rings is 1. The van der Waals surface area contributed by atoms with Crippen LogP contribution in [0.5, 0.6) is 0 Å². The summed E-state index contributed by atoms with van der Waals surface area (Å²) in [6.45, 7) is 2.50. The number of nitrogens with zero attached hydrogens (tertiary/aromatic N) is 4. The van der Waals surface area contributed by atoms with Gasteiger partial charge in [0, 0.05) is 18.0 Å². The highest BCUT2D eigenvalue weighted by Gasteiger charge is 2.22. The van der Waals surface area contributed by atoms with Crippen LogP contribution in [0.4, 0.5) is 11.6 Å². The summed E-state index contributed by atoms with van der Waals surface area (Å²) in [5.41, 5.74) is 0.834. The average molecular weight is 430 g/mol. The van der Waals surface area contributed by atoms with Crippen molar-refractivity contribution >= 4 is 41.1 Å². The molecule has 152 valence electrons. The number of rotatable bonds is 8. The second-order valence-corrected chi connectivity index (χ2v) is 8.47. The van der Waals surface area contributed by atoms with Crippen LogP contribution in [0.3, 0.4) is 0 Å². The number of benzene rings is 1. The van der Waals surface area contributed by atoms with Crippen LogP contribution in [0.25, 0.3) is 0 Å². The van der Waals surface area contributed by atoms with E-state index in [9.17, 15) is 4.79 Å². The molecule has 4 rings (SSSR count). The van der Waals surface area contributed by atoms with E-state index in [1.165, 1.54) is 11.8 Å². The Morgan fingerprint density at radius 1 is 1.17 bits per heavy atom. The van der Waals surface area contributed by atoms with Crippen molar-refractivity contribution in [1.82, 2.24) is 14.8 Å². The Kier molecular flexibility index (Phi) is 6.46. The first-order valence-corrected chi connectivity index (χ1v) is 11.7. The van der Waals surface area contributed by atoms with Crippen molar-refractivity contribution in [3.8, 4) is 0 Å². The monoisotopic (exact) mass is 429 g/mol. The molecule has 2 aromatic heterocycles. The van der Waals surface area contributed by atoms with Gasteiger partial charge in [0.1, 0.15) is 5.76 Å². The van der Waals surface area contributed by atoms with Gasteiger partial charge in [-0.2, -0.15) is 0 Å². The van der Waals surface area contributed by atoms with Gasteiger partial charge < -0.3 is 14.6 Å². The summed E-state index contributed by atoms with van der Waals surface area (Å²) in [7, 11) is 0. The van der Waals surface area contributed by atoms with Gasteiger partial charge in [-0.1, -0.05) is 23.9 Å². The third-order valence-corrected chi connectivity index (χ3v) is 6.46. The van der Waals surface area contributed by atoms with Gasteiger partial charge in [-0.3, -0.25) is 9.36 Å². The average Bonchev–Trinajstić information content (AvgIpc) is 3.50. The number of nitrogens with one attached hydrogen (secondary N) is 1. The van der Waals surface area contributed by atoms with E-state index in [4.69, 9.17) is 4.42 Å². The van der Waals surface area contributed by atoms with Crippen molar-refractivity contribution in [2.24, 2.45) is 0 Å². The van der Waals surface area contributed by atoms with Crippen LogP contribution in [0, 0.1) is 0 Å². The van der Waals surface area contributed by atoms with Crippen LogP contribution in [0.1, 0.15) is 18.6 Å². The minimum absolute atomic E-state index is 0.0632. The van der Waals surface area contributed by atoms with Crippen molar-refractivity contribution in [1.29, 1.82) is 0 Å². The van der Waals surface area contributed by atoms with E-state index in [-0.39, 0.29) is 11.7 Å². The fourth-order valence-electron chi connectivity index (χ4n) is 3.30. The number of amides is 1.